The zero-order valence-electron chi connectivity index (χ0n) is 18.7. The van der Waals surface area contributed by atoms with E-state index in [2.05, 4.69) is 127 Å². The Morgan fingerprint density at radius 1 is 0.833 bits per heavy atom. The number of hydrogen-bond donors (Lipinski definition) is 0. The van der Waals surface area contributed by atoms with Gasteiger partial charge in [-0.05, 0) is 5.56 Å². The van der Waals surface area contributed by atoms with Crippen molar-refractivity contribution in [1.29, 1.82) is 0 Å². The summed E-state index contributed by atoms with van der Waals surface area (Å²) in [7, 11) is 0. The molecule has 4 rings (SSSR count). The molecule has 4 aromatic carbocycles. The summed E-state index contributed by atoms with van der Waals surface area (Å²) in [6, 6.07) is 21.6. The Labute approximate surface area is 205 Å². The van der Waals surface area contributed by atoms with Gasteiger partial charge in [0.05, 0.1) is 0 Å². The molecule has 0 saturated carbocycles. The molecule has 0 aliphatic heterocycles. The van der Waals surface area contributed by atoms with Crippen molar-refractivity contribution in [2.75, 3.05) is 0 Å². The second kappa shape index (κ2) is 12.3. The average molecular weight is 606 g/mol. The Hall–Kier alpha value is -0.757. The van der Waals surface area contributed by atoms with Gasteiger partial charge in [0.15, 0.2) is 0 Å². The normalized spacial score (nSPS) is 10.0. The van der Waals surface area contributed by atoms with Gasteiger partial charge in [-0.3, -0.25) is 0 Å². The van der Waals surface area contributed by atoms with Gasteiger partial charge in [-0.1, -0.05) is 89.9 Å². The summed E-state index contributed by atoms with van der Waals surface area (Å²) < 4.78 is 0. The van der Waals surface area contributed by atoms with E-state index < -0.39 is 0 Å². The van der Waals surface area contributed by atoms with Gasteiger partial charge in [-0.25, -0.2) is 0 Å². The minimum absolute atomic E-state index is 0.145. The fraction of sp³-hybridized carbons (Fsp3) is 0.259. The SMILES string of the molecule is CC[c-]1c(C)c(C)c(C)c1C.Cc1cc2c(-c3ccccc3)cccc2[cH-]1.[Br][Zr+2][Br]. The van der Waals surface area contributed by atoms with Gasteiger partial charge in [0.25, 0.3) is 0 Å². The van der Waals surface area contributed by atoms with Crippen molar-refractivity contribution >= 4 is 35.2 Å². The molecule has 3 heteroatoms. The van der Waals surface area contributed by atoms with Crippen LogP contribution in [0.1, 0.15) is 40.3 Å². The van der Waals surface area contributed by atoms with Crippen LogP contribution in [-0.2, 0) is 25.0 Å². The van der Waals surface area contributed by atoms with Gasteiger partial charge < -0.3 is 0 Å². The van der Waals surface area contributed by atoms with Crippen LogP contribution in [0.25, 0.3) is 21.9 Å². The molecule has 0 aliphatic rings. The Morgan fingerprint density at radius 2 is 1.40 bits per heavy atom. The third-order valence-corrected chi connectivity index (χ3v) is 5.93. The molecule has 0 atom stereocenters. The molecule has 0 radical (unpaired) electrons. The minimum atomic E-state index is -0.145. The zero-order chi connectivity index (χ0) is 22.3. The summed E-state index contributed by atoms with van der Waals surface area (Å²) in [6.07, 6.45) is 1.17. The van der Waals surface area contributed by atoms with E-state index in [-0.39, 0.29) is 18.5 Å². The molecule has 0 aromatic heterocycles. The first-order valence-electron chi connectivity index (χ1n) is 10.2. The van der Waals surface area contributed by atoms with Crippen LogP contribution >= 0.6 is 24.4 Å². The molecule has 0 unspecified atom stereocenters. The van der Waals surface area contributed by atoms with E-state index in [9.17, 15) is 0 Å². The number of hydrogen-bond acceptors (Lipinski definition) is 0. The molecule has 156 valence electrons. The van der Waals surface area contributed by atoms with E-state index in [4.69, 9.17) is 0 Å². The Balaban J connectivity index is 0.000000200. The third-order valence-electron chi connectivity index (χ3n) is 5.93. The van der Waals surface area contributed by atoms with Gasteiger partial charge >= 0.3 is 43.0 Å². The molecular formula is C27H30Br2Zr. The molecule has 0 aliphatic carbocycles. The summed E-state index contributed by atoms with van der Waals surface area (Å²) >= 11 is 6.32. The summed E-state index contributed by atoms with van der Waals surface area (Å²) in [4.78, 5) is 0. The van der Waals surface area contributed by atoms with Crippen LogP contribution in [0.3, 0.4) is 0 Å². The first kappa shape index (κ1) is 25.5. The Morgan fingerprint density at radius 3 is 1.90 bits per heavy atom. The van der Waals surface area contributed by atoms with Gasteiger partial charge in [0, 0.05) is 0 Å². The first-order valence-corrected chi connectivity index (χ1v) is 21.5. The van der Waals surface area contributed by atoms with Crippen LogP contribution < -0.4 is 0 Å². The van der Waals surface area contributed by atoms with E-state index in [0.29, 0.717) is 0 Å². The van der Waals surface area contributed by atoms with E-state index in [0.717, 1.165) is 0 Å². The number of aryl methyl sites for hydroxylation is 1. The molecule has 0 N–H and O–H groups in total. The predicted octanol–water partition coefficient (Wildman–Crippen LogP) is 9.42. The number of halogens is 2. The third kappa shape index (κ3) is 6.15. The topological polar surface area (TPSA) is 0 Å². The number of fused-ring (bicyclic) bond motifs is 1. The molecule has 0 nitrogen and oxygen atoms in total. The summed E-state index contributed by atoms with van der Waals surface area (Å²) in [5.74, 6) is 0. The number of benzene rings is 2. The van der Waals surface area contributed by atoms with Crippen molar-refractivity contribution in [2.24, 2.45) is 0 Å². The van der Waals surface area contributed by atoms with Crippen molar-refractivity contribution in [3.05, 3.63) is 94.0 Å². The van der Waals surface area contributed by atoms with Crippen LogP contribution in [0.4, 0.5) is 0 Å². The molecule has 0 saturated heterocycles. The van der Waals surface area contributed by atoms with Crippen molar-refractivity contribution in [3.8, 4) is 11.1 Å². The van der Waals surface area contributed by atoms with Gasteiger partial charge in [0.1, 0.15) is 0 Å². The zero-order valence-corrected chi connectivity index (χ0v) is 24.4. The Bertz CT molecular complexity index is 1050. The fourth-order valence-corrected chi connectivity index (χ4v) is 4.08. The number of rotatable bonds is 2. The molecule has 0 heterocycles. The van der Waals surface area contributed by atoms with E-state index >= 15 is 0 Å². The maximum atomic E-state index is 3.23. The molecular weight excluding hydrogens is 575 g/mol. The van der Waals surface area contributed by atoms with Crippen LogP contribution in [0.15, 0.2) is 60.7 Å². The predicted molar refractivity (Wildman–Crippen MR) is 138 cm³/mol. The van der Waals surface area contributed by atoms with E-state index in [1.807, 2.05) is 0 Å². The van der Waals surface area contributed by atoms with Crippen LogP contribution in [0.5, 0.6) is 0 Å². The fourth-order valence-electron chi connectivity index (χ4n) is 4.08. The van der Waals surface area contributed by atoms with Crippen molar-refractivity contribution in [2.45, 2.75) is 48.0 Å². The quantitative estimate of drug-likeness (QED) is 0.200. The summed E-state index contributed by atoms with van der Waals surface area (Å²) in [5, 5.41) is 2.69. The second-order valence-electron chi connectivity index (χ2n) is 7.61. The van der Waals surface area contributed by atoms with Crippen molar-refractivity contribution < 1.29 is 18.5 Å². The van der Waals surface area contributed by atoms with E-state index in [1.54, 1.807) is 5.56 Å². The van der Waals surface area contributed by atoms with Gasteiger partial charge in [-0.2, -0.15) is 33.9 Å². The molecule has 0 bridgehead atoms. The summed E-state index contributed by atoms with van der Waals surface area (Å²) in [5.41, 5.74) is 11.5. The van der Waals surface area contributed by atoms with Crippen LogP contribution in [0, 0.1) is 34.6 Å². The Kier molecular flexibility index (Phi) is 10.5. The summed E-state index contributed by atoms with van der Waals surface area (Å²) in [6.45, 7) is 13.3. The van der Waals surface area contributed by atoms with Crippen LogP contribution in [-0.4, -0.2) is 0 Å². The van der Waals surface area contributed by atoms with Gasteiger partial charge in [0.2, 0.25) is 0 Å². The standard InChI is InChI=1S/C16H13.C11H17.2BrH.Zr/c1-12-10-14-8-5-9-15(16(14)11-12)13-6-3-2-4-7-13;1-6-11-9(4)7(2)8(3)10(11)5;;;/h2-11H,1H3;6H2,1-5H3;2*1H;/q2*-1;;;+4/p-2. The van der Waals surface area contributed by atoms with E-state index in [1.165, 1.54) is 56.1 Å². The molecule has 0 spiro atoms. The molecule has 30 heavy (non-hydrogen) atoms. The van der Waals surface area contributed by atoms with Crippen molar-refractivity contribution in [1.82, 2.24) is 0 Å². The van der Waals surface area contributed by atoms with Gasteiger partial charge in [-0.15, -0.1) is 34.5 Å². The average Bonchev–Trinajstić information content (AvgIpc) is 3.22. The molecule has 0 fully saturated rings. The second-order valence-corrected chi connectivity index (χ2v) is 18.9. The van der Waals surface area contributed by atoms with Crippen LogP contribution in [0.2, 0.25) is 0 Å². The monoisotopic (exact) mass is 602 g/mol. The van der Waals surface area contributed by atoms with Crippen molar-refractivity contribution in [3.63, 3.8) is 0 Å². The molecule has 0 amide bonds. The first-order chi connectivity index (χ1) is 14.3. The molecule has 4 aromatic rings. The maximum absolute atomic E-state index is 3.23.